The first kappa shape index (κ1) is 12.5. The number of pyridine rings is 1. The Morgan fingerprint density at radius 2 is 2.28 bits per heavy atom. The SMILES string of the molecule is Cc1ccsc1CNC(=O)c1ccc(NN)nc1. The van der Waals surface area contributed by atoms with Gasteiger partial charge in [0.25, 0.3) is 5.91 Å². The number of carbonyl (C=O) groups is 1. The van der Waals surface area contributed by atoms with Gasteiger partial charge in [-0.15, -0.1) is 11.3 Å². The normalized spacial score (nSPS) is 10.1. The van der Waals surface area contributed by atoms with Crippen molar-refractivity contribution in [3.05, 3.63) is 45.8 Å². The molecular formula is C12H14N4OS. The molecule has 0 aliphatic rings. The van der Waals surface area contributed by atoms with Gasteiger partial charge in [-0.1, -0.05) is 0 Å². The van der Waals surface area contributed by atoms with Gasteiger partial charge in [-0.25, -0.2) is 10.8 Å². The van der Waals surface area contributed by atoms with Crippen LogP contribution in [0.15, 0.2) is 29.8 Å². The van der Waals surface area contributed by atoms with E-state index in [1.54, 1.807) is 23.5 Å². The van der Waals surface area contributed by atoms with Gasteiger partial charge in [-0.05, 0) is 36.1 Å². The lowest BCUT2D eigenvalue weighted by atomic mass is 10.2. The van der Waals surface area contributed by atoms with Gasteiger partial charge in [0, 0.05) is 11.1 Å². The fourth-order valence-electron chi connectivity index (χ4n) is 1.46. The molecule has 0 aliphatic heterocycles. The number of hydrazine groups is 1. The quantitative estimate of drug-likeness (QED) is 0.578. The predicted octanol–water partition coefficient (Wildman–Crippen LogP) is 1.67. The van der Waals surface area contributed by atoms with Crippen molar-refractivity contribution in [2.45, 2.75) is 13.5 Å². The monoisotopic (exact) mass is 262 g/mol. The van der Waals surface area contributed by atoms with E-state index in [1.165, 1.54) is 11.8 Å². The molecule has 0 unspecified atom stereocenters. The first-order chi connectivity index (χ1) is 8.70. The van der Waals surface area contributed by atoms with E-state index < -0.39 is 0 Å². The summed E-state index contributed by atoms with van der Waals surface area (Å²) in [6.07, 6.45) is 1.49. The third kappa shape index (κ3) is 2.85. The molecule has 0 radical (unpaired) electrons. The Labute approximate surface area is 109 Å². The van der Waals surface area contributed by atoms with Gasteiger partial charge >= 0.3 is 0 Å². The van der Waals surface area contributed by atoms with Crippen LogP contribution in [0.5, 0.6) is 0 Å². The molecule has 0 aliphatic carbocycles. The van der Waals surface area contributed by atoms with Crippen molar-refractivity contribution in [2.24, 2.45) is 5.84 Å². The molecule has 94 valence electrons. The van der Waals surface area contributed by atoms with Gasteiger partial charge in [-0.3, -0.25) is 4.79 Å². The van der Waals surface area contributed by atoms with E-state index in [-0.39, 0.29) is 5.91 Å². The Morgan fingerprint density at radius 1 is 1.44 bits per heavy atom. The zero-order chi connectivity index (χ0) is 13.0. The second-order valence-corrected chi connectivity index (χ2v) is 4.79. The van der Waals surface area contributed by atoms with E-state index in [4.69, 9.17) is 5.84 Å². The van der Waals surface area contributed by atoms with Crippen LogP contribution in [-0.2, 0) is 6.54 Å². The topological polar surface area (TPSA) is 80.0 Å². The lowest BCUT2D eigenvalue weighted by Gasteiger charge is -2.05. The number of thiophene rings is 1. The molecule has 2 aromatic rings. The number of aromatic nitrogens is 1. The molecule has 6 heteroatoms. The fraction of sp³-hybridized carbons (Fsp3) is 0.167. The Kier molecular flexibility index (Phi) is 3.91. The van der Waals surface area contributed by atoms with Gasteiger partial charge in [0.15, 0.2) is 0 Å². The molecule has 2 heterocycles. The predicted molar refractivity (Wildman–Crippen MR) is 72.3 cm³/mol. The number of nitrogens with two attached hydrogens (primary N) is 1. The van der Waals surface area contributed by atoms with E-state index in [2.05, 4.69) is 15.7 Å². The smallest absolute Gasteiger partial charge is 0.253 e. The molecule has 0 saturated heterocycles. The molecule has 0 aromatic carbocycles. The van der Waals surface area contributed by atoms with Crippen molar-refractivity contribution in [3.63, 3.8) is 0 Å². The summed E-state index contributed by atoms with van der Waals surface area (Å²) in [7, 11) is 0. The summed E-state index contributed by atoms with van der Waals surface area (Å²) in [5.74, 6) is 5.59. The second-order valence-electron chi connectivity index (χ2n) is 3.79. The zero-order valence-corrected chi connectivity index (χ0v) is 10.8. The number of aryl methyl sites for hydroxylation is 1. The number of hydrogen-bond acceptors (Lipinski definition) is 5. The number of amides is 1. The first-order valence-corrected chi connectivity index (χ1v) is 6.32. The number of carbonyl (C=O) groups excluding carboxylic acids is 1. The molecule has 1 amide bonds. The largest absolute Gasteiger partial charge is 0.347 e. The maximum Gasteiger partial charge on any atom is 0.253 e. The maximum absolute atomic E-state index is 11.9. The van der Waals surface area contributed by atoms with Crippen LogP contribution in [0, 0.1) is 6.92 Å². The van der Waals surface area contributed by atoms with E-state index in [0.29, 0.717) is 17.9 Å². The maximum atomic E-state index is 11.9. The number of rotatable bonds is 4. The van der Waals surface area contributed by atoms with Crippen LogP contribution < -0.4 is 16.6 Å². The fourth-order valence-corrected chi connectivity index (χ4v) is 2.31. The summed E-state index contributed by atoms with van der Waals surface area (Å²) in [5.41, 5.74) is 4.13. The molecule has 5 nitrogen and oxygen atoms in total. The van der Waals surface area contributed by atoms with Crippen LogP contribution in [0.2, 0.25) is 0 Å². The Morgan fingerprint density at radius 3 is 2.83 bits per heavy atom. The third-order valence-corrected chi connectivity index (χ3v) is 3.57. The van der Waals surface area contributed by atoms with Crippen LogP contribution in [0.3, 0.4) is 0 Å². The highest BCUT2D eigenvalue weighted by atomic mass is 32.1. The molecule has 4 N–H and O–H groups in total. The number of nitrogens with one attached hydrogen (secondary N) is 2. The van der Waals surface area contributed by atoms with E-state index >= 15 is 0 Å². The summed E-state index contributed by atoms with van der Waals surface area (Å²) < 4.78 is 0. The molecular weight excluding hydrogens is 248 g/mol. The Bertz CT molecular complexity index is 535. The van der Waals surface area contributed by atoms with Crippen LogP contribution in [0.25, 0.3) is 0 Å². The third-order valence-electron chi connectivity index (χ3n) is 2.55. The molecule has 0 spiro atoms. The van der Waals surface area contributed by atoms with Crippen molar-refractivity contribution in [1.29, 1.82) is 0 Å². The minimum Gasteiger partial charge on any atom is -0.347 e. The molecule has 2 aromatic heterocycles. The molecule has 0 atom stereocenters. The summed E-state index contributed by atoms with van der Waals surface area (Å²) in [6.45, 7) is 2.57. The lowest BCUT2D eigenvalue weighted by Crippen LogP contribution is -2.23. The Balaban J connectivity index is 1.97. The van der Waals surface area contributed by atoms with Gasteiger partial charge in [0.05, 0.1) is 12.1 Å². The average Bonchev–Trinajstić information content (AvgIpc) is 2.81. The number of hydrogen-bond donors (Lipinski definition) is 3. The molecule has 2 rings (SSSR count). The summed E-state index contributed by atoms with van der Waals surface area (Å²) in [6, 6.07) is 5.37. The van der Waals surface area contributed by atoms with Crippen LogP contribution in [0.4, 0.5) is 5.82 Å². The minimum atomic E-state index is -0.140. The van der Waals surface area contributed by atoms with Gasteiger partial charge in [0.2, 0.25) is 0 Å². The van der Waals surface area contributed by atoms with E-state index in [1.807, 2.05) is 18.4 Å². The Hall–Kier alpha value is -1.92. The van der Waals surface area contributed by atoms with Crippen molar-refractivity contribution >= 4 is 23.1 Å². The summed E-state index contributed by atoms with van der Waals surface area (Å²) >= 11 is 1.64. The van der Waals surface area contributed by atoms with Gasteiger partial charge < -0.3 is 10.7 Å². The molecule has 0 bridgehead atoms. The first-order valence-electron chi connectivity index (χ1n) is 5.44. The van der Waals surface area contributed by atoms with E-state index in [0.717, 1.165) is 4.88 Å². The van der Waals surface area contributed by atoms with Crippen molar-refractivity contribution in [1.82, 2.24) is 10.3 Å². The number of nitrogens with zero attached hydrogens (tertiary/aromatic N) is 1. The summed E-state index contributed by atoms with van der Waals surface area (Å²) in [5, 5.41) is 4.87. The number of nitrogen functional groups attached to an aromatic ring is 1. The highest BCUT2D eigenvalue weighted by Crippen LogP contribution is 2.15. The average molecular weight is 262 g/mol. The molecule has 0 fully saturated rings. The number of anilines is 1. The minimum absolute atomic E-state index is 0.140. The molecule has 18 heavy (non-hydrogen) atoms. The van der Waals surface area contributed by atoms with Crippen LogP contribution >= 0.6 is 11.3 Å². The van der Waals surface area contributed by atoms with Crippen molar-refractivity contribution in [3.8, 4) is 0 Å². The highest BCUT2D eigenvalue weighted by Gasteiger charge is 2.07. The lowest BCUT2D eigenvalue weighted by molar-refractivity contribution is 0.0951. The highest BCUT2D eigenvalue weighted by molar-refractivity contribution is 7.10. The summed E-state index contributed by atoms with van der Waals surface area (Å²) in [4.78, 5) is 17.0. The standard InChI is InChI=1S/C12H14N4OS/c1-8-4-5-18-10(8)7-15-12(17)9-2-3-11(16-13)14-6-9/h2-6H,7,13H2,1H3,(H,14,16)(H,15,17). The molecule has 0 saturated carbocycles. The van der Waals surface area contributed by atoms with Crippen LogP contribution in [0.1, 0.15) is 20.8 Å². The van der Waals surface area contributed by atoms with E-state index in [9.17, 15) is 4.79 Å². The van der Waals surface area contributed by atoms with Gasteiger partial charge in [0.1, 0.15) is 5.82 Å². The van der Waals surface area contributed by atoms with Crippen molar-refractivity contribution in [2.75, 3.05) is 5.43 Å². The second kappa shape index (κ2) is 5.61. The van der Waals surface area contributed by atoms with Crippen LogP contribution in [-0.4, -0.2) is 10.9 Å². The van der Waals surface area contributed by atoms with Gasteiger partial charge in [-0.2, -0.15) is 0 Å². The zero-order valence-electron chi connectivity index (χ0n) is 9.93. The van der Waals surface area contributed by atoms with Crippen molar-refractivity contribution < 1.29 is 4.79 Å².